The lowest BCUT2D eigenvalue weighted by atomic mass is 10.2. The predicted molar refractivity (Wildman–Crippen MR) is 107 cm³/mol. The third-order valence-corrected chi connectivity index (χ3v) is 4.96. The van der Waals surface area contributed by atoms with Crippen LogP contribution in [0.15, 0.2) is 47.4 Å². The third-order valence-electron chi connectivity index (χ3n) is 3.59. The molecule has 0 saturated heterocycles. The van der Waals surface area contributed by atoms with Crippen LogP contribution in [0.1, 0.15) is 12.5 Å². The van der Waals surface area contributed by atoms with Crippen LogP contribution in [0.4, 0.5) is 0 Å². The van der Waals surface area contributed by atoms with Crippen LogP contribution in [0.3, 0.4) is 0 Å². The summed E-state index contributed by atoms with van der Waals surface area (Å²) in [6.45, 7) is 4.56. The van der Waals surface area contributed by atoms with Gasteiger partial charge in [-0.2, -0.15) is 0 Å². The van der Waals surface area contributed by atoms with Gasteiger partial charge < -0.3 is 19.3 Å². The molecule has 0 amide bonds. The largest absolute Gasteiger partial charge is 0.491 e. The van der Waals surface area contributed by atoms with Crippen molar-refractivity contribution in [3.8, 4) is 11.5 Å². The van der Waals surface area contributed by atoms with Gasteiger partial charge in [0, 0.05) is 22.3 Å². The number of hydrogen-bond donors (Lipinski definition) is 1. The summed E-state index contributed by atoms with van der Waals surface area (Å²) in [6.07, 6.45) is -0.0566. The van der Waals surface area contributed by atoms with Crippen LogP contribution in [-0.4, -0.2) is 42.8 Å². The van der Waals surface area contributed by atoms with E-state index in [9.17, 15) is 4.79 Å². The maximum atomic E-state index is 10.6. The fraction of sp³-hybridized carbons (Fsp3) is 0.350. The summed E-state index contributed by atoms with van der Waals surface area (Å²) in [7, 11) is 0. The Kier molecular flexibility index (Phi) is 8.78. The lowest BCUT2D eigenvalue weighted by molar-refractivity contribution is -0.139. The molecule has 0 aliphatic rings. The minimum atomic E-state index is -0.993. The Morgan fingerprint density at radius 1 is 1.19 bits per heavy atom. The van der Waals surface area contributed by atoms with Gasteiger partial charge in [0.2, 0.25) is 0 Å². The van der Waals surface area contributed by atoms with Crippen molar-refractivity contribution in [1.82, 2.24) is 0 Å². The van der Waals surface area contributed by atoms with Gasteiger partial charge in [-0.05, 0) is 61.9 Å². The zero-order valence-corrected chi connectivity index (χ0v) is 16.9. The van der Waals surface area contributed by atoms with Crippen molar-refractivity contribution in [2.75, 3.05) is 25.6 Å². The fourth-order valence-corrected chi connectivity index (χ4v) is 3.42. The molecule has 0 aromatic heterocycles. The first kappa shape index (κ1) is 21.4. The number of halogens is 1. The summed E-state index contributed by atoms with van der Waals surface area (Å²) in [5, 5.41) is 9.37. The molecule has 0 radical (unpaired) electrons. The molecule has 0 bridgehead atoms. The van der Waals surface area contributed by atoms with Crippen LogP contribution < -0.4 is 9.47 Å². The number of ether oxygens (including phenoxy) is 3. The Balaban J connectivity index is 1.87. The second kappa shape index (κ2) is 11.1. The number of rotatable bonds is 11. The second-order valence-electron chi connectivity index (χ2n) is 5.76. The highest BCUT2D eigenvalue weighted by Gasteiger charge is 2.12. The number of carboxylic acids is 1. The molecular formula is C20H23ClO5S. The van der Waals surface area contributed by atoms with Crippen LogP contribution in [-0.2, 0) is 9.53 Å². The number of aryl methyl sites for hydroxylation is 1. The molecule has 0 aliphatic heterocycles. The Bertz CT molecular complexity index is 736. The quantitative estimate of drug-likeness (QED) is 0.542. The average molecular weight is 411 g/mol. The van der Waals surface area contributed by atoms with Gasteiger partial charge in [0.25, 0.3) is 0 Å². The first-order valence-corrected chi connectivity index (χ1v) is 9.92. The molecule has 0 unspecified atom stereocenters. The van der Waals surface area contributed by atoms with Gasteiger partial charge in [-0.3, -0.25) is 0 Å². The van der Waals surface area contributed by atoms with E-state index in [4.69, 9.17) is 30.9 Å². The normalized spacial score (nSPS) is 11.8. The molecule has 7 heteroatoms. The van der Waals surface area contributed by atoms with Crippen molar-refractivity contribution in [3.63, 3.8) is 0 Å². The highest BCUT2D eigenvalue weighted by atomic mass is 35.5. The lowest BCUT2D eigenvalue weighted by Gasteiger charge is -2.18. The van der Waals surface area contributed by atoms with Crippen molar-refractivity contribution in [1.29, 1.82) is 0 Å². The number of thioether (sulfide) groups is 1. The van der Waals surface area contributed by atoms with E-state index in [-0.39, 0.29) is 12.7 Å². The minimum Gasteiger partial charge on any atom is -0.491 e. The van der Waals surface area contributed by atoms with Gasteiger partial charge >= 0.3 is 5.97 Å². The summed E-state index contributed by atoms with van der Waals surface area (Å²) >= 11 is 7.53. The highest BCUT2D eigenvalue weighted by Crippen LogP contribution is 2.27. The first-order valence-electron chi connectivity index (χ1n) is 8.56. The van der Waals surface area contributed by atoms with E-state index in [1.54, 1.807) is 30.0 Å². The van der Waals surface area contributed by atoms with E-state index < -0.39 is 5.97 Å². The van der Waals surface area contributed by atoms with Gasteiger partial charge in [0.15, 0.2) is 6.61 Å². The zero-order valence-electron chi connectivity index (χ0n) is 15.3. The molecule has 27 heavy (non-hydrogen) atoms. The van der Waals surface area contributed by atoms with Crippen molar-refractivity contribution in [2.24, 2.45) is 0 Å². The van der Waals surface area contributed by atoms with Gasteiger partial charge in [0.1, 0.15) is 24.2 Å². The molecule has 2 aromatic rings. The third kappa shape index (κ3) is 7.71. The Morgan fingerprint density at radius 2 is 1.93 bits per heavy atom. The Hall–Kier alpha value is -1.89. The second-order valence-corrected chi connectivity index (χ2v) is 7.29. The van der Waals surface area contributed by atoms with Crippen LogP contribution in [0.25, 0.3) is 0 Å². The van der Waals surface area contributed by atoms with Gasteiger partial charge in [-0.25, -0.2) is 4.79 Å². The van der Waals surface area contributed by atoms with Crippen molar-refractivity contribution < 1.29 is 24.1 Å². The van der Waals surface area contributed by atoms with E-state index in [0.29, 0.717) is 24.0 Å². The maximum Gasteiger partial charge on any atom is 0.341 e. The van der Waals surface area contributed by atoms with E-state index >= 15 is 0 Å². The molecule has 0 heterocycles. The van der Waals surface area contributed by atoms with E-state index in [1.807, 2.05) is 38.1 Å². The van der Waals surface area contributed by atoms with Crippen molar-refractivity contribution in [2.45, 2.75) is 24.8 Å². The molecule has 0 fully saturated rings. The lowest BCUT2D eigenvalue weighted by Crippen LogP contribution is -2.24. The summed E-state index contributed by atoms with van der Waals surface area (Å²) in [4.78, 5) is 11.7. The van der Waals surface area contributed by atoms with E-state index in [2.05, 4.69) is 0 Å². The number of carboxylic acid groups (broad SMARTS) is 1. The monoisotopic (exact) mass is 410 g/mol. The smallest absolute Gasteiger partial charge is 0.341 e. The van der Waals surface area contributed by atoms with Crippen LogP contribution in [0.5, 0.6) is 11.5 Å². The minimum absolute atomic E-state index is 0.0566. The molecule has 146 valence electrons. The van der Waals surface area contributed by atoms with Gasteiger partial charge in [-0.1, -0.05) is 11.6 Å². The van der Waals surface area contributed by atoms with Crippen LogP contribution in [0.2, 0.25) is 5.02 Å². The predicted octanol–water partition coefficient (Wildman–Crippen LogP) is 4.69. The fourth-order valence-electron chi connectivity index (χ4n) is 2.30. The summed E-state index contributed by atoms with van der Waals surface area (Å²) in [5.41, 5.74) is 0.895. The molecule has 1 atom stereocenters. The number of hydrogen-bond acceptors (Lipinski definition) is 5. The topological polar surface area (TPSA) is 65.0 Å². The average Bonchev–Trinajstić information content (AvgIpc) is 2.64. The SMILES string of the molecule is CCO[C@H](COc1ccc(Cl)cc1)CSc1ccc(OCC(=O)O)c(C)c1. The van der Waals surface area contributed by atoms with Crippen molar-refractivity contribution >= 4 is 29.3 Å². The molecular weight excluding hydrogens is 388 g/mol. The zero-order chi connectivity index (χ0) is 19.6. The maximum absolute atomic E-state index is 10.6. The Labute approximate surface area is 168 Å². The molecule has 0 spiro atoms. The summed E-state index contributed by atoms with van der Waals surface area (Å²) < 4.78 is 16.8. The number of carbonyl (C=O) groups is 1. The molecule has 5 nitrogen and oxygen atoms in total. The van der Waals surface area contributed by atoms with E-state index in [1.165, 1.54) is 0 Å². The number of aliphatic carboxylic acids is 1. The van der Waals surface area contributed by atoms with Gasteiger partial charge in [0.05, 0.1) is 0 Å². The van der Waals surface area contributed by atoms with E-state index in [0.717, 1.165) is 22.0 Å². The summed E-state index contributed by atoms with van der Waals surface area (Å²) in [6, 6.07) is 12.9. The Morgan fingerprint density at radius 3 is 2.56 bits per heavy atom. The molecule has 0 aliphatic carbocycles. The summed E-state index contributed by atoms with van der Waals surface area (Å²) in [5.74, 6) is 1.07. The molecule has 2 rings (SSSR count). The van der Waals surface area contributed by atoms with Gasteiger partial charge in [-0.15, -0.1) is 11.8 Å². The standard InChI is InChI=1S/C20H23ClO5S/c1-3-24-17(11-25-16-6-4-15(21)5-7-16)13-27-18-8-9-19(14(2)10-18)26-12-20(22)23/h4-10,17H,3,11-13H2,1-2H3,(H,22,23)/t17-/m1/s1. The molecule has 1 N–H and O–H groups in total. The van der Waals surface area contributed by atoms with Crippen molar-refractivity contribution in [3.05, 3.63) is 53.1 Å². The number of benzene rings is 2. The first-order chi connectivity index (χ1) is 13.0. The molecule has 2 aromatic carbocycles. The highest BCUT2D eigenvalue weighted by molar-refractivity contribution is 7.99. The molecule has 0 saturated carbocycles. The van der Waals surface area contributed by atoms with Crippen LogP contribution in [0, 0.1) is 6.92 Å². The van der Waals surface area contributed by atoms with Crippen LogP contribution >= 0.6 is 23.4 Å².